The van der Waals surface area contributed by atoms with Crippen LogP contribution in [0.25, 0.3) is 0 Å². The van der Waals surface area contributed by atoms with Crippen molar-refractivity contribution in [3.63, 3.8) is 0 Å². The van der Waals surface area contributed by atoms with Gasteiger partial charge in [-0.1, -0.05) is 108 Å². The van der Waals surface area contributed by atoms with Crippen LogP contribution in [-0.4, -0.2) is 53.4 Å². The van der Waals surface area contributed by atoms with Crippen LogP contribution in [0.1, 0.15) is 96.3 Å². The fourth-order valence-corrected chi connectivity index (χ4v) is 3.38. The van der Waals surface area contributed by atoms with E-state index in [4.69, 9.17) is 4.74 Å². The zero-order chi connectivity index (χ0) is 34.0. The van der Waals surface area contributed by atoms with Gasteiger partial charge in [-0.25, -0.2) is 0 Å². The van der Waals surface area contributed by atoms with Gasteiger partial charge in [0.05, 0.1) is 13.2 Å². The fraction of sp³-hybridized carbons (Fsp3) is 0.459. The van der Waals surface area contributed by atoms with Crippen molar-refractivity contribution in [1.29, 1.82) is 0 Å². The van der Waals surface area contributed by atoms with Gasteiger partial charge in [-0.15, -0.1) is 0 Å². The maximum Gasteiger partial charge on any atom is 0.251 e. The SMILES string of the molecule is CC.CC.CC/C=C\C/C=C\C/C=C\C/C=C\C/C=C\C/C=C\CCC(=O)NCCOCCNC(=O)c1cc(O)c(O)c(O)c1. The van der Waals surface area contributed by atoms with Crippen molar-refractivity contribution in [2.75, 3.05) is 26.3 Å². The lowest BCUT2D eigenvalue weighted by atomic mass is 10.1. The number of amides is 2. The number of ether oxygens (including phenoxy) is 1. The summed E-state index contributed by atoms with van der Waals surface area (Å²) in [7, 11) is 0. The van der Waals surface area contributed by atoms with Crippen LogP contribution in [0.4, 0.5) is 0 Å². The van der Waals surface area contributed by atoms with Crippen molar-refractivity contribution < 1.29 is 29.6 Å². The minimum Gasteiger partial charge on any atom is -0.504 e. The molecule has 0 aliphatic carbocycles. The lowest BCUT2D eigenvalue weighted by Crippen LogP contribution is -2.30. The number of phenolic OH excluding ortho intramolecular Hbond substituents is 3. The van der Waals surface area contributed by atoms with E-state index < -0.39 is 23.2 Å². The highest BCUT2D eigenvalue weighted by Gasteiger charge is 2.13. The predicted molar refractivity (Wildman–Crippen MR) is 188 cm³/mol. The van der Waals surface area contributed by atoms with E-state index in [9.17, 15) is 24.9 Å². The Kier molecular flexibility index (Phi) is 31.5. The molecular formula is C37H58N2O6. The quantitative estimate of drug-likeness (QED) is 0.0532. The summed E-state index contributed by atoms with van der Waals surface area (Å²) in [5, 5.41) is 33.6. The summed E-state index contributed by atoms with van der Waals surface area (Å²) in [5.41, 5.74) is 0.0111. The Labute approximate surface area is 272 Å². The largest absolute Gasteiger partial charge is 0.504 e. The van der Waals surface area contributed by atoms with Crippen LogP contribution < -0.4 is 10.6 Å². The number of carbonyl (C=O) groups is 2. The summed E-state index contributed by atoms with van der Waals surface area (Å²) in [5.74, 6) is -2.41. The molecule has 2 amide bonds. The average Bonchev–Trinajstić information content (AvgIpc) is 3.05. The van der Waals surface area contributed by atoms with Gasteiger partial charge in [-0.05, 0) is 57.1 Å². The number of rotatable bonds is 21. The van der Waals surface area contributed by atoms with Gasteiger partial charge < -0.3 is 30.7 Å². The lowest BCUT2D eigenvalue weighted by Gasteiger charge is -2.09. The zero-order valence-corrected chi connectivity index (χ0v) is 28.1. The van der Waals surface area contributed by atoms with E-state index in [0.717, 1.165) is 50.7 Å². The van der Waals surface area contributed by atoms with Gasteiger partial charge in [0.25, 0.3) is 5.91 Å². The molecule has 8 nitrogen and oxygen atoms in total. The highest BCUT2D eigenvalue weighted by atomic mass is 16.5. The first-order valence-corrected chi connectivity index (χ1v) is 16.2. The van der Waals surface area contributed by atoms with E-state index in [1.807, 2.05) is 33.8 Å². The first-order chi connectivity index (χ1) is 22.0. The summed E-state index contributed by atoms with van der Waals surface area (Å²) < 4.78 is 5.38. The molecule has 45 heavy (non-hydrogen) atoms. The van der Waals surface area contributed by atoms with E-state index in [-0.39, 0.29) is 24.6 Å². The molecule has 0 aliphatic heterocycles. The van der Waals surface area contributed by atoms with Gasteiger partial charge in [0.15, 0.2) is 17.2 Å². The molecule has 0 fully saturated rings. The molecule has 1 rings (SSSR count). The van der Waals surface area contributed by atoms with Crippen LogP contribution in [0.3, 0.4) is 0 Å². The molecular weight excluding hydrogens is 568 g/mol. The second-order valence-corrected chi connectivity index (χ2v) is 9.04. The Morgan fingerprint density at radius 3 is 1.49 bits per heavy atom. The maximum absolute atomic E-state index is 12.0. The van der Waals surface area contributed by atoms with E-state index >= 15 is 0 Å². The molecule has 5 N–H and O–H groups in total. The maximum atomic E-state index is 12.0. The number of hydrogen-bond donors (Lipinski definition) is 5. The molecule has 252 valence electrons. The number of aromatic hydroxyl groups is 3. The number of hydrogen-bond acceptors (Lipinski definition) is 6. The Hall–Kier alpha value is -4.04. The van der Waals surface area contributed by atoms with Crippen LogP contribution in [-0.2, 0) is 9.53 Å². The monoisotopic (exact) mass is 626 g/mol. The molecule has 0 atom stereocenters. The van der Waals surface area contributed by atoms with Gasteiger partial charge in [-0.3, -0.25) is 9.59 Å². The minimum atomic E-state index is -0.677. The Balaban J connectivity index is 0. The second-order valence-electron chi connectivity index (χ2n) is 9.04. The van der Waals surface area contributed by atoms with E-state index in [1.165, 1.54) is 0 Å². The van der Waals surface area contributed by atoms with Gasteiger partial charge in [0.1, 0.15) is 0 Å². The standard InChI is InChI=1S/C33H46N2O6.2C2H6/c1-2-3-4-5-6-7-8-9-10-11-12-13-14-15-16-17-18-19-20-21-31(38)34-22-24-41-25-23-35-33(40)28-26-29(36)32(39)30(37)27-28;2*1-2/h3-4,6-7,9-10,12-13,15-16,18-19,26-27,36-37,39H,2,5,8,11,14,17,20-25H2,1H3,(H,34,38)(H,35,40);2*1-2H3/b4-3-,7-6-,10-9-,13-12-,16-15-,19-18-;;. The molecule has 0 aliphatic rings. The number of nitrogens with one attached hydrogen (secondary N) is 2. The Bertz CT molecular complexity index is 1050. The average molecular weight is 627 g/mol. The number of benzene rings is 1. The number of carbonyl (C=O) groups excluding carboxylic acids is 2. The second kappa shape index (κ2) is 32.9. The van der Waals surface area contributed by atoms with Crippen molar-refractivity contribution in [2.45, 2.75) is 86.0 Å². The molecule has 0 saturated carbocycles. The van der Waals surface area contributed by atoms with Gasteiger partial charge >= 0.3 is 0 Å². The van der Waals surface area contributed by atoms with Crippen molar-refractivity contribution in [2.24, 2.45) is 0 Å². The summed E-state index contributed by atoms with van der Waals surface area (Å²) in [4.78, 5) is 23.9. The van der Waals surface area contributed by atoms with Crippen molar-refractivity contribution >= 4 is 11.8 Å². The summed E-state index contributed by atoms with van der Waals surface area (Å²) in [6.45, 7) is 11.3. The molecule has 1 aromatic rings. The molecule has 8 heteroatoms. The van der Waals surface area contributed by atoms with E-state index in [2.05, 4.69) is 84.4 Å². The van der Waals surface area contributed by atoms with Gasteiger partial charge in [0, 0.05) is 25.1 Å². The zero-order valence-electron chi connectivity index (χ0n) is 28.1. The molecule has 0 radical (unpaired) electrons. The Morgan fingerprint density at radius 1 is 0.644 bits per heavy atom. The smallest absolute Gasteiger partial charge is 0.251 e. The van der Waals surface area contributed by atoms with Crippen molar-refractivity contribution in [3.05, 3.63) is 90.6 Å². The molecule has 0 saturated heterocycles. The summed E-state index contributed by atoms with van der Waals surface area (Å²) >= 11 is 0. The van der Waals surface area contributed by atoms with Crippen LogP contribution in [0.15, 0.2) is 85.0 Å². The topological polar surface area (TPSA) is 128 Å². The van der Waals surface area contributed by atoms with E-state index in [1.54, 1.807) is 0 Å². The van der Waals surface area contributed by atoms with Gasteiger partial charge in [0.2, 0.25) is 5.91 Å². The van der Waals surface area contributed by atoms with Crippen molar-refractivity contribution in [3.8, 4) is 17.2 Å². The van der Waals surface area contributed by atoms with Crippen LogP contribution >= 0.6 is 0 Å². The number of allylic oxidation sites excluding steroid dienone is 12. The summed E-state index contributed by atoms with van der Waals surface area (Å²) in [6.07, 6.45) is 32.6. The molecule has 0 bridgehead atoms. The van der Waals surface area contributed by atoms with E-state index in [0.29, 0.717) is 26.0 Å². The third kappa shape index (κ3) is 26.1. The van der Waals surface area contributed by atoms with Gasteiger partial charge in [-0.2, -0.15) is 0 Å². The van der Waals surface area contributed by atoms with Crippen LogP contribution in [0.5, 0.6) is 17.2 Å². The van der Waals surface area contributed by atoms with Crippen molar-refractivity contribution in [1.82, 2.24) is 10.6 Å². The number of phenols is 3. The molecule has 0 unspecified atom stereocenters. The lowest BCUT2D eigenvalue weighted by molar-refractivity contribution is -0.121. The summed E-state index contributed by atoms with van der Waals surface area (Å²) in [6, 6.07) is 2.11. The third-order valence-electron chi connectivity index (χ3n) is 5.57. The van der Waals surface area contributed by atoms with Crippen LogP contribution in [0.2, 0.25) is 0 Å². The molecule has 0 aromatic heterocycles. The first-order valence-electron chi connectivity index (χ1n) is 16.2. The third-order valence-corrected chi connectivity index (χ3v) is 5.57. The Morgan fingerprint density at radius 2 is 1.04 bits per heavy atom. The first kappa shape index (κ1) is 43.1. The minimum absolute atomic E-state index is 0.0111. The molecule has 0 heterocycles. The fourth-order valence-electron chi connectivity index (χ4n) is 3.38. The normalized spacial score (nSPS) is 11.4. The van der Waals surface area contributed by atoms with Crippen LogP contribution in [0, 0.1) is 0 Å². The highest BCUT2D eigenvalue weighted by Crippen LogP contribution is 2.35. The molecule has 1 aromatic carbocycles. The predicted octanol–water partition coefficient (Wildman–Crippen LogP) is 8.20. The molecule has 0 spiro atoms. The highest BCUT2D eigenvalue weighted by molar-refractivity contribution is 5.95.